The predicted molar refractivity (Wildman–Crippen MR) is 73.2 cm³/mol. The summed E-state index contributed by atoms with van der Waals surface area (Å²) in [6.45, 7) is 0. The van der Waals surface area contributed by atoms with Crippen LogP contribution >= 0.6 is 0 Å². The quantitative estimate of drug-likeness (QED) is 0.674. The Morgan fingerprint density at radius 2 is 1.70 bits per heavy atom. The predicted octanol–water partition coefficient (Wildman–Crippen LogP) is 3.99. The molecule has 0 N–H and O–H groups in total. The van der Waals surface area contributed by atoms with Crippen molar-refractivity contribution in [2.45, 2.75) is 0 Å². The number of rotatable bonds is 3. The van der Waals surface area contributed by atoms with E-state index >= 15 is 0 Å². The van der Waals surface area contributed by atoms with Crippen molar-refractivity contribution >= 4 is 5.97 Å². The Morgan fingerprint density at radius 3 is 2.30 bits per heavy atom. The summed E-state index contributed by atoms with van der Waals surface area (Å²) in [6, 6.07) is 12.6. The highest BCUT2D eigenvalue weighted by Gasteiger charge is 2.16. The van der Waals surface area contributed by atoms with Gasteiger partial charge in [0.1, 0.15) is 11.5 Å². The number of furan rings is 2. The van der Waals surface area contributed by atoms with Gasteiger partial charge in [0.15, 0.2) is 0 Å². The molecule has 20 heavy (non-hydrogen) atoms. The highest BCUT2D eigenvalue weighted by molar-refractivity contribution is 5.97. The summed E-state index contributed by atoms with van der Waals surface area (Å²) in [5.74, 6) is 0.940. The summed E-state index contributed by atoms with van der Waals surface area (Å²) in [7, 11) is 1.36. The lowest BCUT2D eigenvalue weighted by molar-refractivity contribution is 0.0601. The smallest absolute Gasteiger partial charge is 0.338 e. The van der Waals surface area contributed by atoms with Gasteiger partial charge < -0.3 is 13.6 Å². The monoisotopic (exact) mass is 268 g/mol. The van der Waals surface area contributed by atoms with Gasteiger partial charge in [0, 0.05) is 11.1 Å². The van der Waals surface area contributed by atoms with Crippen LogP contribution in [0.25, 0.3) is 22.6 Å². The van der Waals surface area contributed by atoms with Gasteiger partial charge in [-0.25, -0.2) is 4.79 Å². The molecule has 0 saturated carbocycles. The highest BCUT2D eigenvalue weighted by Crippen LogP contribution is 2.30. The minimum Gasteiger partial charge on any atom is -0.465 e. The van der Waals surface area contributed by atoms with Crippen LogP contribution in [0.4, 0.5) is 0 Å². The fourth-order valence-corrected chi connectivity index (χ4v) is 2.06. The molecule has 1 aromatic carbocycles. The lowest BCUT2D eigenvalue weighted by atomic mass is 10.0. The largest absolute Gasteiger partial charge is 0.465 e. The van der Waals surface area contributed by atoms with Crippen LogP contribution in [0, 0.1) is 0 Å². The number of carbonyl (C=O) groups is 1. The molecular weight excluding hydrogens is 256 g/mol. The zero-order valence-electron chi connectivity index (χ0n) is 10.8. The Bertz CT molecular complexity index is 709. The van der Waals surface area contributed by atoms with Crippen molar-refractivity contribution in [3.05, 3.63) is 60.6 Å². The lowest BCUT2D eigenvalue weighted by Crippen LogP contribution is -2.03. The maximum absolute atomic E-state index is 11.8. The normalized spacial score (nSPS) is 10.4. The first-order valence-electron chi connectivity index (χ1n) is 6.09. The van der Waals surface area contributed by atoms with Crippen molar-refractivity contribution in [3.63, 3.8) is 0 Å². The first-order chi connectivity index (χ1) is 9.79. The average Bonchev–Trinajstić information content (AvgIpc) is 3.18. The number of benzene rings is 1. The van der Waals surface area contributed by atoms with E-state index in [1.165, 1.54) is 7.11 Å². The van der Waals surface area contributed by atoms with E-state index in [2.05, 4.69) is 0 Å². The molecule has 0 bridgehead atoms. The van der Waals surface area contributed by atoms with Crippen molar-refractivity contribution in [2.24, 2.45) is 0 Å². The molecule has 100 valence electrons. The van der Waals surface area contributed by atoms with Crippen molar-refractivity contribution in [3.8, 4) is 22.6 Å². The summed E-state index contributed by atoms with van der Waals surface area (Å²) >= 11 is 0. The molecule has 3 aromatic rings. The molecule has 4 heteroatoms. The second-order valence-corrected chi connectivity index (χ2v) is 4.21. The van der Waals surface area contributed by atoms with Gasteiger partial charge in [0.05, 0.1) is 25.2 Å². The molecule has 0 aliphatic heterocycles. The summed E-state index contributed by atoms with van der Waals surface area (Å²) in [4.78, 5) is 11.8. The molecule has 0 atom stereocenters. The SMILES string of the molecule is COC(=O)c1ccc(-c2ccco2)cc1-c1ccco1. The number of hydrogen-bond donors (Lipinski definition) is 0. The third-order valence-electron chi connectivity index (χ3n) is 3.02. The highest BCUT2D eigenvalue weighted by atomic mass is 16.5. The molecule has 4 nitrogen and oxygen atoms in total. The van der Waals surface area contributed by atoms with Crippen molar-refractivity contribution in [1.82, 2.24) is 0 Å². The standard InChI is InChI=1S/C16H12O4/c1-18-16(17)12-7-6-11(14-4-2-8-19-14)10-13(12)15-5-3-9-20-15/h2-10H,1H3. The van der Waals surface area contributed by atoms with Crippen LogP contribution < -0.4 is 0 Å². The third kappa shape index (κ3) is 2.12. The van der Waals surface area contributed by atoms with Crippen molar-refractivity contribution < 1.29 is 18.4 Å². The number of esters is 1. The van der Waals surface area contributed by atoms with E-state index in [0.29, 0.717) is 16.9 Å². The Hall–Kier alpha value is -2.75. The van der Waals surface area contributed by atoms with E-state index in [1.54, 1.807) is 30.7 Å². The lowest BCUT2D eigenvalue weighted by Gasteiger charge is -2.07. The summed E-state index contributed by atoms with van der Waals surface area (Å²) in [5, 5.41) is 0. The minimum atomic E-state index is -0.401. The number of methoxy groups -OCH3 is 1. The first-order valence-corrected chi connectivity index (χ1v) is 6.09. The maximum atomic E-state index is 11.8. The first kappa shape index (κ1) is 12.3. The van der Waals surface area contributed by atoms with Crippen LogP contribution in [-0.2, 0) is 4.74 Å². The molecule has 0 spiro atoms. The molecule has 0 radical (unpaired) electrons. The van der Waals surface area contributed by atoms with Gasteiger partial charge >= 0.3 is 5.97 Å². The summed E-state index contributed by atoms with van der Waals surface area (Å²) in [6.07, 6.45) is 3.17. The van der Waals surface area contributed by atoms with E-state index in [9.17, 15) is 4.79 Å². The Kier molecular flexibility index (Phi) is 3.13. The molecule has 2 heterocycles. The van der Waals surface area contributed by atoms with E-state index < -0.39 is 5.97 Å². The van der Waals surface area contributed by atoms with E-state index in [-0.39, 0.29) is 0 Å². The zero-order chi connectivity index (χ0) is 13.9. The number of hydrogen-bond acceptors (Lipinski definition) is 4. The van der Waals surface area contributed by atoms with Crippen LogP contribution in [0.15, 0.2) is 63.8 Å². The fraction of sp³-hybridized carbons (Fsp3) is 0.0625. The van der Waals surface area contributed by atoms with Crippen LogP contribution in [0.2, 0.25) is 0 Å². The molecule has 0 aliphatic carbocycles. The summed E-state index contributed by atoms with van der Waals surface area (Å²) in [5.41, 5.74) is 2.00. The molecule has 0 aliphatic rings. The van der Waals surface area contributed by atoms with Crippen LogP contribution in [-0.4, -0.2) is 13.1 Å². The van der Waals surface area contributed by atoms with E-state index in [4.69, 9.17) is 13.6 Å². The second-order valence-electron chi connectivity index (χ2n) is 4.21. The summed E-state index contributed by atoms with van der Waals surface area (Å²) < 4.78 is 15.6. The molecule has 0 amide bonds. The number of ether oxygens (including phenoxy) is 1. The van der Waals surface area contributed by atoms with Crippen LogP contribution in [0.1, 0.15) is 10.4 Å². The molecule has 0 saturated heterocycles. The van der Waals surface area contributed by atoms with Gasteiger partial charge in [-0.15, -0.1) is 0 Å². The van der Waals surface area contributed by atoms with Crippen molar-refractivity contribution in [1.29, 1.82) is 0 Å². The molecule has 2 aromatic heterocycles. The average molecular weight is 268 g/mol. The van der Waals surface area contributed by atoms with E-state index in [0.717, 1.165) is 11.3 Å². The second kappa shape index (κ2) is 5.09. The molecule has 0 fully saturated rings. The Labute approximate surface area is 115 Å². The Morgan fingerprint density at radius 1 is 1.00 bits per heavy atom. The van der Waals surface area contributed by atoms with Crippen molar-refractivity contribution in [2.75, 3.05) is 7.11 Å². The topological polar surface area (TPSA) is 52.6 Å². The molecule has 0 unspecified atom stereocenters. The molecule has 3 rings (SSSR count). The minimum absolute atomic E-state index is 0.401. The van der Waals surface area contributed by atoms with Gasteiger partial charge in [0.2, 0.25) is 0 Å². The fourth-order valence-electron chi connectivity index (χ4n) is 2.06. The van der Waals surface area contributed by atoms with Gasteiger partial charge in [-0.2, -0.15) is 0 Å². The van der Waals surface area contributed by atoms with Crippen LogP contribution in [0.3, 0.4) is 0 Å². The van der Waals surface area contributed by atoms with Gasteiger partial charge in [-0.1, -0.05) is 6.07 Å². The zero-order valence-corrected chi connectivity index (χ0v) is 10.8. The van der Waals surface area contributed by atoms with E-state index in [1.807, 2.05) is 24.3 Å². The maximum Gasteiger partial charge on any atom is 0.338 e. The Balaban J connectivity index is 2.16. The van der Waals surface area contributed by atoms with Gasteiger partial charge in [-0.05, 0) is 36.4 Å². The number of carbonyl (C=O) groups excluding carboxylic acids is 1. The molecular formula is C16H12O4. The third-order valence-corrected chi connectivity index (χ3v) is 3.02. The van der Waals surface area contributed by atoms with Gasteiger partial charge in [0.25, 0.3) is 0 Å². The van der Waals surface area contributed by atoms with Gasteiger partial charge in [-0.3, -0.25) is 0 Å². The van der Waals surface area contributed by atoms with Crippen LogP contribution in [0.5, 0.6) is 0 Å².